The van der Waals surface area contributed by atoms with Crippen molar-refractivity contribution < 1.29 is 4.79 Å². The Bertz CT molecular complexity index is 656. The van der Waals surface area contributed by atoms with Gasteiger partial charge < -0.3 is 5.73 Å². The highest BCUT2D eigenvalue weighted by molar-refractivity contribution is 5.90. The van der Waals surface area contributed by atoms with Crippen LogP contribution in [0.1, 0.15) is 29.5 Å². The molecule has 106 valence electrons. The number of carbonyl (C=O) groups is 1. The molecule has 21 heavy (non-hydrogen) atoms. The van der Waals surface area contributed by atoms with Crippen molar-refractivity contribution in [2.75, 3.05) is 0 Å². The van der Waals surface area contributed by atoms with Gasteiger partial charge in [0.1, 0.15) is 0 Å². The highest BCUT2D eigenvalue weighted by Crippen LogP contribution is 2.23. The van der Waals surface area contributed by atoms with E-state index in [0.29, 0.717) is 0 Å². The van der Waals surface area contributed by atoms with Gasteiger partial charge in [-0.3, -0.25) is 4.79 Å². The van der Waals surface area contributed by atoms with Gasteiger partial charge in [-0.2, -0.15) is 0 Å². The van der Waals surface area contributed by atoms with Gasteiger partial charge >= 0.3 is 0 Å². The summed E-state index contributed by atoms with van der Waals surface area (Å²) in [4.78, 5) is 10.9. The number of benzene rings is 2. The van der Waals surface area contributed by atoms with Crippen LogP contribution in [-0.2, 0) is 4.79 Å². The zero-order chi connectivity index (χ0) is 15.1. The Morgan fingerprint density at radius 3 is 2.38 bits per heavy atom. The first-order chi connectivity index (χ1) is 10.2. The van der Waals surface area contributed by atoms with Crippen LogP contribution in [0.25, 0.3) is 12.2 Å². The van der Waals surface area contributed by atoms with Crippen LogP contribution in [0.4, 0.5) is 0 Å². The van der Waals surface area contributed by atoms with Crippen molar-refractivity contribution in [3.63, 3.8) is 0 Å². The first-order valence-electron chi connectivity index (χ1n) is 6.96. The quantitative estimate of drug-likeness (QED) is 0.825. The third-order valence-electron chi connectivity index (χ3n) is 3.29. The van der Waals surface area contributed by atoms with Crippen molar-refractivity contribution in [3.8, 4) is 0 Å². The Labute approximate surface area is 125 Å². The van der Waals surface area contributed by atoms with Crippen LogP contribution in [0.15, 0.2) is 66.7 Å². The summed E-state index contributed by atoms with van der Waals surface area (Å²) < 4.78 is 0. The lowest BCUT2D eigenvalue weighted by Crippen LogP contribution is -2.05. The van der Waals surface area contributed by atoms with Gasteiger partial charge in [0.2, 0.25) is 5.91 Å². The van der Waals surface area contributed by atoms with Gasteiger partial charge in [0.05, 0.1) is 0 Å². The molecule has 0 spiro atoms. The number of hydrogen-bond donors (Lipinski definition) is 1. The van der Waals surface area contributed by atoms with Crippen molar-refractivity contribution in [1.82, 2.24) is 0 Å². The monoisotopic (exact) mass is 277 g/mol. The predicted octanol–water partition coefficient (Wildman–Crippen LogP) is 4.00. The Morgan fingerprint density at radius 2 is 1.67 bits per heavy atom. The van der Waals surface area contributed by atoms with Crippen molar-refractivity contribution >= 4 is 18.1 Å². The van der Waals surface area contributed by atoms with Gasteiger partial charge in [0.25, 0.3) is 0 Å². The third-order valence-corrected chi connectivity index (χ3v) is 3.29. The molecule has 0 aliphatic heterocycles. The van der Waals surface area contributed by atoms with E-state index in [0.717, 1.165) is 5.56 Å². The van der Waals surface area contributed by atoms with E-state index in [1.807, 2.05) is 36.4 Å². The molecule has 0 bridgehead atoms. The SMILES string of the molecule is CC(/C=C/c1ccccc1)c1ccccc1/C=C/C(N)=O. The summed E-state index contributed by atoms with van der Waals surface area (Å²) in [5, 5.41) is 0. The Kier molecular flexibility index (Phi) is 5.10. The molecule has 2 aromatic carbocycles. The molecule has 0 aliphatic rings. The highest BCUT2D eigenvalue weighted by atomic mass is 16.1. The fourth-order valence-electron chi connectivity index (χ4n) is 2.17. The number of rotatable bonds is 5. The van der Waals surface area contributed by atoms with Crippen LogP contribution in [0.3, 0.4) is 0 Å². The second-order valence-corrected chi connectivity index (χ2v) is 4.92. The topological polar surface area (TPSA) is 43.1 Å². The lowest BCUT2D eigenvalue weighted by atomic mass is 9.94. The van der Waals surface area contributed by atoms with E-state index >= 15 is 0 Å². The fourth-order valence-corrected chi connectivity index (χ4v) is 2.17. The molecular formula is C19H19NO. The second-order valence-electron chi connectivity index (χ2n) is 4.92. The molecule has 1 atom stereocenters. The highest BCUT2D eigenvalue weighted by Gasteiger charge is 2.05. The molecule has 0 aliphatic carbocycles. The minimum absolute atomic E-state index is 0.249. The number of allylic oxidation sites excluding steroid dienone is 1. The van der Waals surface area contributed by atoms with Crippen LogP contribution >= 0.6 is 0 Å². The molecule has 2 rings (SSSR count). The Balaban J connectivity index is 2.21. The summed E-state index contributed by atoms with van der Waals surface area (Å²) in [5.74, 6) is -0.184. The minimum Gasteiger partial charge on any atom is -0.366 e. The number of primary amides is 1. The van der Waals surface area contributed by atoms with Crippen molar-refractivity contribution in [2.45, 2.75) is 12.8 Å². The maximum Gasteiger partial charge on any atom is 0.241 e. The van der Waals surface area contributed by atoms with Gasteiger partial charge in [0, 0.05) is 6.08 Å². The van der Waals surface area contributed by atoms with Crippen LogP contribution < -0.4 is 5.73 Å². The molecule has 0 saturated heterocycles. The first-order valence-corrected chi connectivity index (χ1v) is 6.96. The maximum atomic E-state index is 10.9. The van der Waals surface area contributed by atoms with Gasteiger partial charge in [-0.05, 0) is 28.7 Å². The maximum absolute atomic E-state index is 10.9. The zero-order valence-corrected chi connectivity index (χ0v) is 12.1. The summed E-state index contributed by atoms with van der Waals surface area (Å²) in [5.41, 5.74) is 8.52. The normalized spacial score (nSPS) is 12.8. The van der Waals surface area contributed by atoms with Crippen molar-refractivity contribution in [2.24, 2.45) is 5.73 Å². The predicted molar refractivity (Wildman–Crippen MR) is 88.6 cm³/mol. The summed E-state index contributed by atoms with van der Waals surface area (Å²) >= 11 is 0. The van der Waals surface area contributed by atoms with E-state index in [9.17, 15) is 4.79 Å². The molecule has 1 amide bonds. The van der Waals surface area contributed by atoms with E-state index in [1.54, 1.807) is 6.08 Å². The standard InChI is InChI=1S/C19H19NO/c1-15(11-12-16-7-3-2-4-8-16)18-10-6-5-9-17(18)13-14-19(20)21/h2-15H,1H3,(H2,20,21)/b12-11+,14-13+. The third kappa shape index (κ3) is 4.46. The first kappa shape index (κ1) is 14.8. The van der Waals surface area contributed by atoms with Crippen LogP contribution in [-0.4, -0.2) is 5.91 Å². The molecule has 2 aromatic rings. The van der Waals surface area contributed by atoms with E-state index in [2.05, 4.69) is 37.3 Å². The second kappa shape index (κ2) is 7.25. The molecule has 0 aromatic heterocycles. The number of nitrogens with two attached hydrogens (primary N) is 1. The molecule has 2 heteroatoms. The number of carbonyl (C=O) groups excluding carboxylic acids is 1. The van der Waals surface area contributed by atoms with Gasteiger partial charge in [-0.1, -0.05) is 73.7 Å². The van der Waals surface area contributed by atoms with E-state index in [-0.39, 0.29) is 5.92 Å². The fraction of sp³-hybridized carbons (Fsp3) is 0.105. The lowest BCUT2D eigenvalue weighted by Gasteiger charge is -2.10. The van der Waals surface area contributed by atoms with Gasteiger partial charge in [-0.15, -0.1) is 0 Å². The Morgan fingerprint density at radius 1 is 1.00 bits per heavy atom. The van der Waals surface area contributed by atoms with Crippen molar-refractivity contribution in [3.05, 3.63) is 83.4 Å². The molecule has 2 nitrogen and oxygen atoms in total. The molecule has 0 heterocycles. The zero-order valence-electron chi connectivity index (χ0n) is 12.1. The average Bonchev–Trinajstić information content (AvgIpc) is 2.52. The average molecular weight is 277 g/mol. The number of amides is 1. The molecule has 2 N–H and O–H groups in total. The summed E-state index contributed by atoms with van der Waals surface area (Å²) in [6, 6.07) is 18.2. The molecule has 0 fully saturated rings. The minimum atomic E-state index is -0.433. The Hall–Kier alpha value is -2.61. The summed E-state index contributed by atoms with van der Waals surface area (Å²) in [7, 11) is 0. The lowest BCUT2D eigenvalue weighted by molar-refractivity contribution is -0.113. The van der Waals surface area contributed by atoms with Crippen LogP contribution in [0.5, 0.6) is 0 Å². The molecule has 0 radical (unpaired) electrons. The summed E-state index contributed by atoms with van der Waals surface area (Å²) in [6.07, 6.45) is 7.43. The molecule has 1 unspecified atom stereocenters. The molecule has 0 saturated carbocycles. The van der Waals surface area contributed by atoms with E-state index in [1.165, 1.54) is 17.2 Å². The van der Waals surface area contributed by atoms with Crippen LogP contribution in [0.2, 0.25) is 0 Å². The van der Waals surface area contributed by atoms with Crippen LogP contribution in [0, 0.1) is 0 Å². The van der Waals surface area contributed by atoms with Gasteiger partial charge in [0.15, 0.2) is 0 Å². The largest absolute Gasteiger partial charge is 0.366 e. The van der Waals surface area contributed by atoms with E-state index < -0.39 is 5.91 Å². The number of hydrogen-bond acceptors (Lipinski definition) is 1. The van der Waals surface area contributed by atoms with Gasteiger partial charge in [-0.25, -0.2) is 0 Å². The summed E-state index contributed by atoms with van der Waals surface area (Å²) in [6.45, 7) is 2.14. The smallest absolute Gasteiger partial charge is 0.241 e. The van der Waals surface area contributed by atoms with E-state index in [4.69, 9.17) is 5.73 Å². The van der Waals surface area contributed by atoms with Crippen molar-refractivity contribution in [1.29, 1.82) is 0 Å². The molecular weight excluding hydrogens is 258 g/mol.